The Hall–Kier alpha value is -1.88. The monoisotopic (exact) mass is 275 g/mol. The molecule has 5 heteroatoms. The maximum absolute atomic E-state index is 12.3. The van der Waals surface area contributed by atoms with Crippen molar-refractivity contribution in [2.45, 2.75) is 32.7 Å². The molecule has 0 bridgehead atoms. The maximum Gasteiger partial charge on any atom is 0.228 e. The zero-order valence-corrected chi connectivity index (χ0v) is 12.0. The minimum atomic E-state index is 0.0526. The van der Waals surface area contributed by atoms with Crippen LogP contribution in [0, 0.1) is 0 Å². The van der Waals surface area contributed by atoms with Gasteiger partial charge in [0.05, 0.1) is 12.1 Å². The van der Waals surface area contributed by atoms with Crippen LogP contribution in [-0.2, 0) is 11.2 Å². The number of imidazole rings is 1. The molecule has 2 rings (SSSR count). The van der Waals surface area contributed by atoms with Gasteiger partial charge in [-0.1, -0.05) is 6.07 Å². The van der Waals surface area contributed by atoms with Gasteiger partial charge in [0.2, 0.25) is 5.91 Å². The van der Waals surface area contributed by atoms with Crippen LogP contribution in [0.5, 0.6) is 0 Å². The molecule has 108 valence electrons. The van der Waals surface area contributed by atoms with Crippen molar-refractivity contribution in [2.75, 3.05) is 13.2 Å². The number of hydrogen-bond acceptors (Lipinski definition) is 3. The number of nitrogens with zero attached hydrogens (tertiary/aromatic N) is 3. The van der Waals surface area contributed by atoms with Gasteiger partial charge >= 0.3 is 0 Å². The van der Waals surface area contributed by atoms with Crippen molar-refractivity contribution in [1.29, 1.82) is 0 Å². The van der Waals surface area contributed by atoms with E-state index in [-0.39, 0.29) is 18.6 Å². The number of aliphatic hydroxyl groups is 1. The largest absolute Gasteiger partial charge is 0.396 e. The summed E-state index contributed by atoms with van der Waals surface area (Å²) in [7, 11) is 0. The fourth-order valence-corrected chi connectivity index (χ4v) is 2.24. The smallest absolute Gasteiger partial charge is 0.228 e. The van der Waals surface area contributed by atoms with Crippen molar-refractivity contribution in [3.63, 3.8) is 0 Å². The molecule has 0 aliphatic carbocycles. The molecule has 20 heavy (non-hydrogen) atoms. The van der Waals surface area contributed by atoms with Crippen LogP contribution in [0.2, 0.25) is 0 Å². The molecule has 2 aromatic heterocycles. The van der Waals surface area contributed by atoms with Gasteiger partial charge < -0.3 is 14.4 Å². The second kappa shape index (κ2) is 6.52. The molecule has 0 saturated heterocycles. The van der Waals surface area contributed by atoms with Crippen LogP contribution >= 0.6 is 0 Å². The Morgan fingerprint density at radius 1 is 1.45 bits per heavy atom. The first-order valence-electron chi connectivity index (χ1n) is 6.94. The van der Waals surface area contributed by atoms with E-state index in [2.05, 4.69) is 4.98 Å². The molecule has 0 radical (unpaired) electrons. The Labute approximate surface area is 118 Å². The standard InChI is InChI=1S/C15H21N3O2/c1-12(2)18(8-5-9-19)15(20)10-13-11-17-7-4-3-6-14(17)16-13/h3-4,6-7,11-12,19H,5,8-10H2,1-2H3. The number of pyridine rings is 1. The number of amides is 1. The summed E-state index contributed by atoms with van der Waals surface area (Å²) < 4.78 is 1.91. The lowest BCUT2D eigenvalue weighted by atomic mass is 10.2. The van der Waals surface area contributed by atoms with Crippen molar-refractivity contribution in [2.24, 2.45) is 0 Å². The predicted molar refractivity (Wildman–Crippen MR) is 77.4 cm³/mol. The fourth-order valence-electron chi connectivity index (χ4n) is 2.24. The molecule has 5 nitrogen and oxygen atoms in total. The quantitative estimate of drug-likeness (QED) is 0.869. The summed E-state index contributed by atoms with van der Waals surface area (Å²) in [6.45, 7) is 4.66. The van der Waals surface area contributed by atoms with Gasteiger partial charge in [0.25, 0.3) is 0 Å². The molecule has 0 unspecified atom stereocenters. The highest BCUT2D eigenvalue weighted by atomic mass is 16.3. The van der Waals surface area contributed by atoms with Crippen molar-refractivity contribution in [1.82, 2.24) is 14.3 Å². The zero-order valence-electron chi connectivity index (χ0n) is 12.0. The van der Waals surface area contributed by atoms with Crippen LogP contribution in [-0.4, -0.2) is 44.5 Å². The number of hydrogen-bond donors (Lipinski definition) is 1. The number of carbonyl (C=O) groups is 1. The molecule has 1 N–H and O–H groups in total. The summed E-state index contributed by atoms with van der Waals surface area (Å²) in [5.41, 5.74) is 1.62. The average molecular weight is 275 g/mol. The highest BCUT2D eigenvalue weighted by Crippen LogP contribution is 2.09. The Kier molecular flexibility index (Phi) is 4.74. The topological polar surface area (TPSA) is 57.8 Å². The van der Waals surface area contributed by atoms with E-state index in [9.17, 15) is 4.79 Å². The SMILES string of the molecule is CC(C)N(CCCO)C(=O)Cc1cn2ccccc2n1. The number of rotatable bonds is 6. The van der Waals surface area contributed by atoms with Gasteiger partial charge in [0.15, 0.2) is 0 Å². The molecule has 0 atom stereocenters. The Balaban J connectivity index is 2.08. The molecule has 0 saturated carbocycles. The van der Waals surface area contributed by atoms with E-state index >= 15 is 0 Å². The van der Waals surface area contributed by atoms with Gasteiger partial charge in [-0.25, -0.2) is 4.98 Å². The van der Waals surface area contributed by atoms with E-state index in [0.717, 1.165) is 11.3 Å². The van der Waals surface area contributed by atoms with Crippen molar-refractivity contribution in [3.8, 4) is 0 Å². The second-order valence-corrected chi connectivity index (χ2v) is 5.13. The van der Waals surface area contributed by atoms with Crippen molar-refractivity contribution < 1.29 is 9.90 Å². The predicted octanol–water partition coefficient (Wildman–Crippen LogP) is 1.50. The molecule has 0 aromatic carbocycles. The summed E-state index contributed by atoms with van der Waals surface area (Å²) in [5.74, 6) is 0.0526. The summed E-state index contributed by atoms with van der Waals surface area (Å²) in [4.78, 5) is 18.6. The van der Waals surface area contributed by atoms with Crippen LogP contribution in [0.4, 0.5) is 0 Å². The van der Waals surface area contributed by atoms with Crippen molar-refractivity contribution >= 4 is 11.6 Å². The molecule has 0 aliphatic rings. The highest BCUT2D eigenvalue weighted by Gasteiger charge is 2.18. The summed E-state index contributed by atoms with van der Waals surface area (Å²) >= 11 is 0. The number of carbonyl (C=O) groups excluding carboxylic acids is 1. The summed E-state index contributed by atoms with van der Waals surface area (Å²) in [6.07, 6.45) is 4.71. The van der Waals surface area contributed by atoms with Gasteiger partial charge in [-0.2, -0.15) is 0 Å². The van der Waals surface area contributed by atoms with Crippen LogP contribution < -0.4 is 0 Å². The molecule has 1 amide bonds. The lowest BCUT2D eigenvalue weighted by Gasteiger charge is -2.26. The van der Waals surface area contributed by atoms with Gasteiger partial charge in [-0.3, -0.25) is 4.79 Å². The van der Waals surface area contributed by atoms with Crippen LogP contribution in [0.25, 0.3) is 5.65 Å². The molecule has 2 aromatic rings. The van der Waals surface area contributed by atoms with E-state index in [1.807, 2.05) is 48.8 Å². The van der Waals surface area contributed by atoms with Gasteiger partial charge in [0, 0.05) is 31.6 Å². The van der Waals surface area contributed by atoms with E-state index < -0.39 is 0 Å². The number of fused-ring (bicyclic) bond motifs is 1. The average Bonchev–Trinajstić information content (AvgIpc) is 2.80. The van der Waals surface area contributed by atoms with Crippen LogP contribution in [0.15, 0.2) is 30.6 Å². The van der Waals surface area contributed by atoms with Gasteiger partial charge in [-0.15, -0.1) is 0 Å². The van der Waals surface area contributed by atoms with Gasteiger partial charge in [0.1, 0.15) is 5.65 Å². The van der Waals surface area contributed by atoms with E-state index in [1.165, 1.54) is 0 Å². The summed E-state index contributed by atoms with van der Waals surface area (Å²) in [5, 5.41) is 8.91. The molecular weight excluding hydrogens is 254 g/mol. The maximum atomic E-state index is 12.3. The first-order valence-corrected chi connectivity index (χ1v) is 6.94. The first kappa shape index (κ1) is 14.5. The normalized spacial score (nSPS) is 11.2. The number of aliphatic hydroxyl groups excluding tert-OH is 1. The van der Waals surface area contributed by atoms with Crippen LogP contribution in [0.3, 0.4) is 0 Å². The first-order chi connectivity index (χ1) is 9.61. The third-order valence-electron chi connectivity index (χ3n) is 3.25. The zero-order chi connectivity index (χ0) is 14.5. The Morgan fingerprint density at radius 3 is 2.90 bits per heavy atom. The van der Waals surface area contributed by atoms with E-state index in [4.69, 9.17) is 5.11 Å². The van der Waals surface area contributed by atoms with Crippen molar-refractivity contribution in [3.05, 3.63) is 36.3 Å². The Morgan fingerprint density at radius 2 is 2.25 bits per heavy atom. The van der Waals surface area contributed by atoms with E-state index in [0.29, 0.717) is 19.4 Å². The Bertz CT molecular complexity index is 544. The minimum Gasteiger partial charge on any atom is -0.396 e. The number of aromatic nitrogens is 2. The third-order valence-corrected chi connectivity index (χ3v) is 3.25. The highest BCUT2D eigenvalue weighted by molar-refractivity contribution is 5.78. The second-order valence-electron chi connectivity index (χ2n) is 5.13. The summed E-state index contributed by atoms with van der Waals surface area (Å²) in [6, 6.07) is 5.91. The fraction of sp³-hybridized carbons (Fsp3) is 0.467. The molecule has 0 aliphatic heterocycles. The molecule has 0 spiro atoms. The third kappa shape index (κ3) is 3.36. The van der Waals surface area contributed by atoms with Crippen LogP contribution in [0.1, 0.15) is 26.0 Å². The molecular formula is C15H21N3O2. The molecule has 2 heterocycles. The minimum absolute atomic E-state index is 0.0526. The van der Waals surface area contributed by atoms with Gasteiger partial charge in [-0.05, 0) is 32.4 Å². The lowest BCUT2D eigenvalue weighted by Crippen LogP contribution is -2.39. The molecule has 0 fully saturated rings. The lowest BCUT2D eigenvalue weighted by molar-refractivity contribution is -0.132. The van der Waals surface area contributed by atoms with E-state index in [1.54, 1.807) is 4.90 Å².